The van der Waals surface area contributed by atoms with E-state index in [9.17, 15) is 4.79 Å². The Bertz CT molecular complexity index is 810. The molecule has 0 aliphatic heterocycles. The van der Waals surface area contributed by atoms with Crippen LogP contribution in [-0.4, -0.2) is 23.1 Å². The molecule has 122 valence electrons. The number of aromatic nitrogens is 2. The number of amides is 1. The fourth-order valence-electron chi connectivity index (χ4n) is 2.35. The highest BCUT2D eigenvalue weighted by molar-refractivity contribution is 5.92. The van der Waals surface area contributed by atoms with Gasteiger partial charge in [0, 0.05) is 31.1 Å². The zero-order chi connectivity index (χ0) is 16.9. The fourth-order valence-corrected chi connectivity index (χ4v) is 2.35. The molecule has 24 heavy (non-hydrogen) atoms. The van der Waals surface area contributed by atoms with Gasteiger partial charge in [-0.2, -0.15) is 4.98 Å². The van der Waals surface area contributed by atoms with E-state index in [0.717, 1.165) is 11.3 Å². The molecule has 3 aromatic rings. The number of anilines is 1. The van der Waals surface area contributed by atoms with E-state index in [4.69, 9.17) is 4.52 Å². The van der Waals surface area contributed by atoms with Crippen LogP contribution in [-0.2, 0) is 11.2 Å². The maximum atomic E-state index is 12.3. The van der Waals surface area contributed by atoms with Crippen LogP contribution in [0.3, 0.4) is 0 Å². The van der Waals surface area contributed by atoms with Gasteiger partial charge in [-0.1, -0.05) is 53.2 Å². The highest BCUT2D eigenvalue weighted by Crippen LogP contribution is 2.17. The second kappa shape index (κ2) is 7.08. The molecule has 1 amide bonds. The van der Waals surface area contributed by atoms with Gasteiger partial charge in [-0.05, 0) is 19.1 Å². The van der Waals surface area contributed by atoms with Gasteiger partial charge in [-0.25, -0.2) is 0 Å². The molecule has 0 unspecified atom stereocenters. The van der Waals surface area contributed by atoms with Gasteiger partial charge in [-0.15, -0.1) is 0 Å². The Balaban J connectivity index is 1.61. The van der Waals surface area contributed by atoms with Gasteiger partial charge in [-0.3, -0.25) is 4.79 Å². The zero-order valence-corrected chi connectivity index (χ0v) is 13.8. The first kappa shape index (κ1) is 15.9. The average molecular weight is 321 g/mol. The van der Waals surface area contributed by atoms with Crippen LogP contribution in [0.15, 0.2) is 59.1 Å². The van der Waals surface area contributed by atoms with Crippen LogP contribution in [0.1, 0.15) is 17.9 Å². The molecule has 5 nitrogen and oxygen atoms in total. The number of nitrogens with zero attached hydrogens (tertiary/aromatic N) is 3. The van der Waals surface area contributed by atoms with Crippen molar-refractivity contribution in [2.75, 3.05) is 11.9 Å². The van der Waals surface area contributed by atoms with Crippen molar-refractivity contribution in [2.24, 2.45) is 0 Å². The van der Waals surface area contributed by atoms with Gasteiger partial charge in [0.15, 0.2) is 0 Å². The highest BCUT2D eigenvalue weighted by Gasteiger charge is 2.14. The Morgan fingerprint density at radius 1 is 1.08 bits per heavy atom. The van der Waals surface area contributed by atoms with E-state index in [1.54, 1.807) is 11.9 Å². The molecule has 0 radical (unpaired) electrons. The molecule has 2 aromatic carbocycles. The Morgan fingerprint density at radius 3 is 2.50 bits per heavy atom. The number of rotatable bonds is 5. The maximum Gasteiger partial charge on any atom is 0.227 e. The molecule has 5 heteroatoms. The molecule has 0 aliphatic rings. The molecule has 0 spiro atoms. The number of benzene rings is 2. The van der Waals surface area contributed by atoms with Gasteiger partial charge in [0.2, 0.25) is 17.6 Å². The molecule has 1 aromatic heterocycles. The standard InChI is InChI=1S/C19H19N3O2/c1-14-8-10-15(11-9-14)19-20-17(24-21-19)12-13-18(23)22(2)16-6-4-3-5-7-16/h3-11H,12-13H2,1-2H3. The molecular weight excluding hydrogens is 302 g/mol. The number of carbonyl (C=O) groups is 1. The van der Waals surface area contributed by atoms with Crippen molar-refractivity contribution in [3.63, 3.8) is 0 Å². The van der Waals surface area contributed by atoms with Gasteiger partial charge < -0.3 is 9.42 Å². The van der Waals surface area contributed by atoms with Crippen LogP contribution in [0.2, 0.25) is 0 Å². The van der Waals surface area contributed by atoms with E-state index in [1.807, 2.05) is 61.5 Å². The molecular formula is C19H19N3O2. The molecule has 0 aliphatic carbocycles. The largest absolute Gasteiger partial charge is 0.339 e. The molecule has 0 saturated heterocycles. The van der Waals surface area contributed by atoms with Crippen molar-refractivity contribution in [2.45, 2.75) is 19.8 Å². The summed E-state index contributed by atoms with van der Waals surface area (Å²) in [4.78, 5) is 18.3. The number of carbonyl (C=O) groups excluding carboxylic acids is 1. The SMILES string of the molecule is Cc1ccc(-c2noc(CCC(=O)N(C)c3ccccc3)n2)cc1. The van der Waals surface area contributed by atoms with Crippen LogP contribution in [0, 0.1) is 6.92 Å². The third kappa shape index (κ3) is 3.68. The van der Waals surface area contributed by atoms with Crippen LogP contribution >= 0.6 is 0 Å². The normalized spacial score (nSPS) is 10.6. The number of aryl methyl sites for hydroxylation is 2. The van der Waals surface area contributed by atoms with Crippen molar-refractivity contribution < 1.29 is 9.32 Å². The minimum absolute atomic E-state index is 0.0104. The van der Waals surface area contributed by atoms with Crippen molar-refractivity contribution >= 4 is 11.6 Å². The Morgan fingerprint density at radius 2 is 1.79 bits per heavy atom. The Labute approximate surface area is 140 Å². The molecule has 1 heterocycles. The van der Waals surface area contributed by atoms with E-state index >= 15 is 0 Å². The Kier molecular flexibility index (Phi) is 4.70. The number of hydrogen-bond donors (Lipinski definition) is 0. The molecule has 0 saturated carbocycles. The highest BCUT2D eigenvalue weighted by atomic mass is 16.5. The monoisotopic (exact) mass is 321 g/mol. The smallest absolute Gasteiger partial charge is 0.227 e. The first-order chi connectivity index (χ1) is 11.6. The van der Waals surface area contributed by atoms with Gasteiger partial charge in [0.25, 0.3) is 0 Å². The third-order valence-electron chi connectivity index (χ3n) is 3.85. The second-order valence-electron chi connectivity index (χ2n) is 5.67. The summed E-state index contributed by atoms with van der Waals surface area (Å²) >= 11 is 0. The summed E-state index contributed by atoms with van der Waals surface area (Å²) in [7, 11) is 1.77. The van der Waals surface area contributed by atoms with Crippen LogP contribution < -0.4 is 4.90 Å². The number of para-hydroxylation sites is 1. The first-order valence-electron chi connectivity index (χ1n) is 7.85. The first-order valence-corrected chi connectivity index (χ1v) is 7.85. The Hall–Kier alpha value is -2.95. The molecule has 0 fully saturated rings. The van der Waals surface area contributed by atoms with Gasteiger partial charge in [0.05, 0.1) is 0 Å². The van der Waals surface area contributed by atoms with E-state index in [2.05, 4.69) is 10.1 Å². The summed E-state index contributed by atoms with van der Waals surface area (Å²) in [5.41, 5.74) is 2.95. The van der Waals surface area contributed by atoms with Crippen molar-refractivity contribution in [1.82, 2.24) is 10.1 Å². The lowest BCUT2D eigenvalue weighted by Crippen LogP contribution is -2.26. The van der Waals surface area contributed by atoms with Gasteiger partial charge in [0.1, 0.15) is 0 Å². The predicted octanol–water partition coefficient (Wildman–Crippen LogP) is 3.64. The predicted molar refractivity (Wildman–Crippen MR) is 92.6 cm³/mol. The quantitative estimate of drug-likeness (QED) is 0.720. The van der Waals surface area contributed by atoms with Crippen LogP contribution in [0.25, 0.3) is 11.4 Å². The van der Waals surface area contributed by atoms with Gasteiger partial charge >= 0.3 is 0 Å². The lowest BCUT2D eigenvalue weighted by molar-refractivity contribution is -0.118. The van der Waals surface area contributed by atoms with E-state index < -0.39 is 0 Å². The second-order valence-corrected chi connectivity index (χ2v) is 5.67. The third-order valence-corrected chi connectivity index (χ3v) is 3.85. The van der Waals surface area contributed by atoms with E-state index in [1.165, 1.54) is 5.56 Å². The summed E-state index contributed by atoms with van der Waals surface area (Å²) in [5.74, 6) is 1.03. The van der Waals surface area contributed by atoms with Crippen LogP contribution in [0.4, 0.5) is 5.69 Å². The lowest BCUT2D eigenvalue weighted by atomic mass is 10.1. The maximum absolute atomic E-state index is 12.3. The number of hydrogen-bond acceptors (Lipinski definition) is 4. The lowest BCUT2D eigenvalue weighted by Gasteiger charge is -2.16. The van der Waals surface area contributed by atoms with Crippen LogP contribution in [0.5, 0.6) is 0 Å². The van der Waals surface area contributed by atoms with Crippen molar-refractivity contribution in [3.8, 4) is 11.4 Å². The molecule has 0 atom stereocenters. The topological polar surface area (TPSA) is 59.2 Å². The molecule has 3 rings (SSSR count). The van der Waals surface area contributed by atoms with Crippen molar-refractivity contribution in [1.29, 1.82) is 0 Å². The fraction of sp³-hybridized carbons (Fsp3) is 0.211. The minimum atomic E-state index is 0.0104. The molecule has 0 N–H and O–H groups in total. The van der Waals surface area contributed by atoms with E-state index in [-0.39, 0.29) is 5.91 Å². The molecule has 0 bridgehead atoms. The average Bonchev–Trinajstić information content (AvgIpc) is 3.09. The minimum Gasteiger partial charge on any atom is -0.339 e. The zero-order valence-electron chi connectivity index (χ0n) is 13.8. The summed E-state index contributed by atoms with van der Waals surface area (Å²) in [6.07, 6.45) is 0.746. The summed E-state index contributed by atoms with van der Waals surface area (Å²) in [6.45, 7) is 2.03. The summed E-state index contributed by atoms with van der Waals surface area (Å²) < 4.78 is 5.25. The summed E-state index contributed by atoms with van der Waals surface area (Å²) in [5, 5.41) is 3.99. The van der Waals surface area contributed by atoms with Crippen molar-refractivity contribution in [3.05, 3.63) is 66.1 Å². The summed E-state index contributed by atoms with van der Waals surface area (Å²) in [6, 6.07) is 17.5. The van der Waals surface area contributed by atoms with E-state index in [0.29, 0.717) is 24.6 Å².